The van der Waals surface area contributed by atoms with E-state index in [0.717, 1.165) is 23.7 Å². The van der Waals surface area contributed by atoms with Crippen LogP contribution < -0.4 is 5.32 Å². The van der Waals surface area contributed by atoms with Crippen molar-refractivity contribution in [3.63, 3.8) is 0 Å². The molecule has 1 aliphatic rings. The normalized spacial score (nSPS) is 19.1. The van der Waals surface area contributed by atoms with Gasteiger partial charge in [-0.3, -0.25) is 14.5 Å². The van der Waals surface area contributed by atoms with Gasteiger partial charge in [0.2, 0.25) is 5.91 Å². The Kier molecular flexibility index (Phi) is 6.07. The van der Waals surface area contributed by atoms with E-state index in [1.165, 1.54) is 0 Å². The second-order valence-electron chi connectivity index (χ2n) is 5.03. The van der Waals surface area contributed by atoms with Crippen LogP contribution in [-0.4, -0.2) is 52.5 Å². The number of aliphatic carboxylic acids is 1. The molecule has 1 saturated heterocycles. The van der Waals surface area contributed by atoms with Crippen molar-refractivity contribution >= 4 is 29.3 Å². The van der Waals surface area contributed by atoms with Crippen molar-refractivity contribution in [3.8, 4) is 0 Å². The van der Waals surface area contributed by atoms with Crippen molar-refractivity contribution in [2.75, 3.05) is 29.9 Å². The maximum Gasteiger partial charge on any atom is 0.304 e. The van der Waals surface area contributed by atoms with Crippen molar-refractivity contribution < 1.29 is 14.7 Å². The van der Waals surface area contributed by atoms with E-state index in [4.69, 9.17) is 5.11 Å². The molecule has 1 aromatic carbocycles. The number of carboxylic acid groups (broad SMARTS) is 1. The second kappa shape index (κ2) is 8.05. The number of rotatable bonds is 6. The van der Waals surface area contributed by atoms with Crippen LogP contribution in [0.3, 0.4) is 0 Å². The molecule has 114 valence electrons. The molecule has 0 aliphatic carbocycles. The Morgan fingerprint density at radius 1 is 1.33 bits per heavy atom. The van der Waals surface area contributed by atoms with Crippen LogP contribution >= 0.6 is 11.8 Å². The Morgan fingerprint density at radius 3 is 2.81 bits per heavy atom. The minimum Gasteiger partial charge on any atom is -0.481 e. The Balaban J connectivity index is 1.80. The smallest absolute Gasteiger partial charge is 0.304 e. The third kappa shape index (κ3) is 5.40. The third-order valence-electron chi connectivity index (χ3n) is 3.44. The lowest BCUT2D eigenvalue weighted by Gasteiger charge is -2.34. The lowest BCUT2D eigenvalue weighted by molar-refractivity contribution is -0.138. The van der Waals surface area contributed by atoms with Crippen molar-refractivity contribution in [2.45, 2.75) is 18.9 Å². The van der Waals surface area contributed by atoms with Crippen molar-refractivity contribution in [1.82, 2.24) is 4.90 Å². The van der Waals surface area contributed by atoms with Gasteiger partial charge in [-0.1, -0.05) is 18.2 Å². The van der Waals surface area contributed by atoms with Gasteiger partial charge in [-0.2, -0.15) is 11.8 Å². The fraction of sp³-hybridized carbons (Fsp3) is 0.467. The van der Waals surface area contributed by atoms with Crippen LogP contribution in [0.5, 0.6) is 0 Å². The number of carboxylic acids is 1. The minimum atomic E-state index is -0.777. The van der Waals surface area contributed by atoms with Gasteiger partial charge in [0.15, 0.2) is 0 Å². The Morgan fingerprint density at radius 2 is 2.10 bits per heavy atom. The number of nitrogens with one attached hydrogen (secondary N) is 1. The largest absolute Gasteiger partial charge is 0.481 e. The summed E-state index contributed by atoms with van der Waals surface area (Å²) in [5.74, 6) is 1.01. The summed E-state index contributed by atoms with van der Waals surface area (Å²) < 4.78 is 0. The fourth-order valence-corrected chi connectivity index (χ4v) is 3.49. The van der Waals surface area contributed by atoms with Crippen LogP contribution in [0.15, 0.2) is 30.3 Å². The summed E-state index contributed by atoms with van der Waals surface area (Å²) in [5, 5.41) is 11.8. The van der Waals surface area contributed by atoms with Crippen molar-refractivity contribution in [2.24, 2.45) is 0 Å². The standard InChI is InChI=1S/C15H20N2O3S/c18-14(16-12-4-2-1-3-5-12)6-7-17-8-9-21-11-13(17)10-15(19)20/h1-5,13H,6-11H2,(H,16,18)(H,19,20). The molecule has 1 unspecified atom stereocenters. The van der Waals surface area contributed by atoms with Crippen LogP contribution in [0, 0.1) is 0 Å². The van der Waals surface area contributed by atoms with Gasteiger partial charge in [-0.25, -0.2) is 0 Å². The number of hydrogen-bond acceptors (Lipinski definition) is 4. The molecule has 0 radical (unpaired) electrons. The molecule has 0 aromatic heterocycles. The van der Waals surface area contributed by atoms with Gasteiger partial charge in [0, 0.05) is 42.7 Å². The van der Waals surface area contributed by atoms with Gasteiger partial charge in [0.05, 0.1) is 6.42 Å². The molecule has 1 aliphatic heterocycles. The average molecular weight is 308 g/mol. The molecule has 21 heavy (non-hydrogen) atoms. The number of carbonyl (C=O) groups is 2. The maximum absolute atomic E-state index is 11.9. The van der Waals surface area contributed by atoms with Gasteiger partial charge in [0.1, 0.15) is 0 Å². The first kappa shape index (κ1) is 15.9. The lowest BCUT2D eigenvalue weighted by atomic mass is 10.2. The van der Waals surface area contributed by atoms with Crippen molar-refractivity contribution in [3.05, 3.63) is 30.3 Å². The van der Waals surface area contributed by atoms with Crippen LogP contribution in [-0.2, 0) is 9.59 Å². The zero-order valence-electron chi connectivity index (χ0n) is 11.8. The highest BCUT2D eigenvalue weighted by Crippen LogP contribution is 2.19. The van der Waals surface area contributed by atoms with E-state index in [9.17, 15) is 9.59 Å². The number of nitrogens with zero attached hydrogens (tertiary/aromatic N) is 1. The summed E-state index contributed by atoms with van der Waals surface area (Å²) in [4.78, 5) is 24.9. The van der Waals surface area contributed by atoms with Crippen LogP contribution in [0.25, 0.3) is 0 Å². The van der Waals surface area contributed by atoms with Crippen LogP contribution in [0.1, 0.15) is 12.8 Å². The van der Waals surface area contributed by atoms with Crippen LogP contribution in [0.4, 0.5) is 5.69 Å². The molecule has 0 spiro atoms. The van der Waals surface area contributed by atoms with E-state index < -0.39 is 5.97 Å². The topological polar surface area (TPSA) is 69.6 Å². The Bertz CT molecular complexity index is 481. The lowest BCUT2D eigenvalue weighted by Crippen LogP contribution is -2.44. The van der Waals surface area contributed by atoms with E-state index in [1.54, 1.807) is 11.8 Å². The molecule has 1 aromatic rings. The summed E-state index contributed by atoms with van der Waals surface area (Å²) >= 11 is 1.78. The van der Waals surface area contributed by atoms with Crippen LogP contribution in [0.2, 0.25) is 0 Å². The molecular weight excluding hydrogens is 288 g/mol. The number of amides is 1. The predicted octanol–water partition coefficient (Wildman–Crippen LogP) is 1.91. The van der Waals surface area contributed by atoms with E-state index in [1.807, 2.05) is 30.3 Å². The molecule has 6 heteroatoms. The number of anilines is 1. The Hall–Kier alpha value is -1.53. The predicted molar refractivity (Wildman–Crippen MR) is 84.6 cm³/mol. The molecule has 1 heterocycles. The molecule has 0 bridgehead atoms. The molecule has 2 rings (SSSR count). The third-order valence-corrected chi connectivity index (χ3v) is 4.54. The van der Waals surface area contributed by atoms with E-state index in [2.05, 4.69) is 10.2 Å². The van der Waals surface area contributed by atoms with E-state index in [-0.39, 0.29) is 18.4 Å². The summed E-state index contributed by atoms with van der Waals surface area (Å²) in [6.07, 6.45) is 0.531. The van der Waals surface area contributed by atoms with E-state index in [0.29, 0.717) is 13.0 Å². The van der Waals surface area contributed by atoms with Crippen molar-refractivity contribution in [1.29, 1.82) is 0 Å². The first-order chi connectivity index (χ1) is 10.1. The summed E-state index contributed by atoms with van der Waals surface area (Å²) in [7, 11) is 0. The van der Waals surface area contributed by atoms with Gasteiger partial charge in [-0.15, -0.1) is 0 Å². The Labute approximate surface area is 128 Å². The highest BCUT2D eigenvalue weighted by atomic mass is 32.2. The molecule has 1 fully saturated rings. The van der Waals surface area contributed by atoms with Gasteiger partial charge in [0.25, 0.3) is 0 Å². The maximum atomic E-state index is 11.9. The number of thioether (sulfide) groups is 1. The SMILES string of the molecule is O=C(O)CC1CSCCN1CCC(=O)Nc1ccccc1. The first-order valence-electron chi connectivity index (χ1n) is 7.03. The zero-order valence-corrected chi connectivity index (χ0v) is 12.6. The molecule has 2 N–H and O–H groups in total. The highest BCUT2D eigenvalue weighted by Gasteiger charge is 2.25. The van der Waals surface area contributed by atoms with Gasteiger partial charge in [-0.05, 0) is 12.1 Å². The molecule has 1 atom stereocenters. The number of para-hydroxylation sites is 1. The van der Waals surface area contributed by atoms with Gasteiger partial charge < -0.3 is 10.4 Å². The average Bonchev–Trinajstić information content (AvgIpc) is 2.47. The fourth-order valence-electron chi connectivity index (χ4n) is 2.36. The minimum absolute atomic E-state index is 0.0331. The first-order valence-corrected chi connectivity index (χ1v) is 8.19. The molecular formula is C15H20N2O3S. The number of benzene rings is 1. The monoisotopic (exact) mass is 308 g/mol. The quantitative estimate of drug-likeness (QED) is 0.840. The highest BCUT2D eigenvalue weighted by molar-refractivity contribution is 7.99. The number of carbonyl (C=O) groups excluding carboxylic acids is 1. The summed E-state index contributed by atoms with van der Waals surface area (Å²) in [6, 6.07) is 9.38. The zero-order chi connectivity index (χ0) is 15.1. The second-order valence-corrected chi connectivity index (χ2v) is 6.18. The van der Waals surface area contributed by atoms with Gasteiger partial charge >= 0.3 is 5.97 Å². The van der Waals surface area contributed by atoms with E-state index >= 15 is 0 Å². The molecule has 5 nitrogen and oxygen atoms in total. The molecule has 1 amide bonds. The number of hydrogen-bond donors (Lipinski definition) is 2. The summed E-state index contributed by atoms with van der Waals surface area (Å²) in [5.41, 5.74) is 0.791. The summed E-state index contributed by atoms with van der Waals surface area (Å²) in [6.45, 7) is 1.46. The molecule has 0 saturated carbocycles.